The van der Waals surface area contributed by atoms with E-state index in [-0.39, 0.29) is 5.41 Å². The summed E-state index contributed by atoms with van der Waals surface area (Å²) in [4.78, 5) is 10.1. The molecule has 1 unspecified atom stereocenters. The van der Waals surface area contributed by atoms with E-state index in [4.69, 9.17) is 0 Å². The number of rotatable bonds is 3. The fourth-order valence-corrected chi connectivity index (χ4v) is 1.06. The van der Waals surface area contributed by atoms with Crippen LogP contribution in [0, 0.1) is 5.41 Å². The predicted molar refractivity (Wildman–Crippen MR) is 42.7 cm³/mol. The van der Waals surface area contributed by atoms with E-state index in [2.05, 4.69) is 33.0 Å². The van der Waals surface area contributed by atoms with Gasteiger partial charge in [-0.2, -0.15) is 0 Å². The lowest BCUT2D eigenvalue weighted by molar-refractivity contribution is -0.110. The molecule has 2 nitrogen and oxygen atoms in total. The smallest absolute Gasteiger partial charge is 0.207 e. The molecule has 1 atom stereocenters. The number of hydrogen-bond donors (Lipinski definition) is 1. The number of nitrogens with one attached hydrogen (secondary N) is 1. The first kappa shape index (κ1) is 9.47. The molecule has 0 spiro atoms. The first-order valence-corrected chi connectivity index (χ1v) is 3.72. The molecule has 0 rings (SSSR count). The van der Waals surface area contributed by atoms with Crippen LogP contribution in [0.15, 0.2) is 0 Å². The number of amides is 1. The van der Waals surface area contributed by atoms with Crippen LogP contribution in [0.1, 0.15) is 34.1 Å². The molecular weight excluding hydrogens is 126 g/mol. The molecular formula is C8H17NO. The van der Waals surface area contributed by atoms with Gasteiger partial charge in [0.1, 0.15) is 0 Å². The summed E-state index contributed by atoms with van der Waals surface area (Å²) >= 11 is 0. The molecule has 0 bridgehead atoms. The Labute approximate surface area is 63.0 Å². The average molecular weight is 143 g/mol. The summed E-state index contributed by atoms with van der Waals surface area (Å²) in [6.07, 6.45) is 1.77. The van der Waals surface area contributed by atoms with Gasteiger partial charge in [0.15, 0.2) is 0 Å². The van der Waals surface area contributed by atoms with Crippen LogP contribution in [0.25, 0.3) is 0 Å². The summed E-state index contributed by atoms with van der Waals surface area (Å²) in [6.45, 7) is 8.44. The van der Waals surface area contributed by atoms with Crippen molar-refractivity contribution < 1.29 is 4.79 Å². The highest BCUT2D eigenvalue weighted by atomic mass is 16.1. The summed E-state index contributed by atoms with van der Waals surface area (Å²) in [5.41, 5.74) is 0.176. The third-order valence-electron chi connectivity index (χ3n) is 1.72. The zero-order valence-electron chi connectivity index (χ0n) is 7.27. The van der Waals surface area contributed by atoms with E-state index in [1.807, 2.05) is 0 Å². The van der Waals surface area contributed by atoms with Gasteiger partial charge in [0.25, 0.3) is 0 Å². The van der Waals surface area contributed by atoms with Gasteiger partial charge in [0.05, 0.1) is 0 Å². The Morgan fingerprint density at radius 2 is 2.00 bits per heavy atom. The normalized spacial score (nSPS) is 14.4. The van der Waals surface area contributed by atoms with E-state index in [0.717, 1.165) is 12.8 Å². The van der Waals surface area contributed by atoms with Crippen LogP contribution in [0.5, 0.6) is 0 Å². The minimum Gasteiger partial charge on any atom is -0.355 e. The first-order chi connectivity index (χ1) is 4.52. The van der Waals surface area contributed by atoms with Crippen LogP contribution in [0.3, 0.4) is 0 Å². The highest BCUT2D eigenvalue weighted by molar-refractivity contribution is 5.46. The van der Waals surface area contributed by atoms with E-state index in [1.54, 1.807) is 0 Å². The van der Waals surface area contributed by atoms with Crippen LogP contribution in [-0.4, -0.2) is 12.5 Å². The lowest BCUT2D eigenvalue weighted by Gasteiger charge is -2.28. The van der Waals surface area contributed by atoms with E-state index >= 15 is 0 Å². The fourth-order valence-electron chi connectivity index (χ4n) is 1.06. The van der Waals surface area contributed by atoms with Crippen LogP contribution >= 0.6 is 0 Å². The first-order valence-electron chi connectivity index (χ1n) is 3.72. The standard InChI is InChI=1S/C8H17NO/c1-5-7(9-6-10)8(2,3)4/h6-7H,5H2,1-4H3,(H,9,10). The molecule has 60 valence electrons. The Morgan fingerprint density at radius 1 is 1.50 bits per heavy atom. The van der Waals surface area contributed by atoms with Gasteiger partial charge < -0.3 is 5.32 Å². The fraction of sp³-hybridized carbons (Fsp3) is 0.875. The lowest BCUT2D eigenvalue weighted by atomic mass is 9.85. The van der Waals surface area contributed by atoms with Gasteiger partial charge in [-0.05, 0) is 11.8 Å². The highest BCUT2D eigenvalue weighted by Gasteiger charge is 2.21. The van der Waals surface area contributed by atoms with E-state index in [9.17, 15) is 4.79 Å². The lowest BCUT2D eigenvalue weighted by Crippen LogP contribution is -2.38. The zero-order valence-corrected chi connectivity index (χ0v) is 7.27. The third-order valence-corrected chi connectivity index (χ3v) is 1.72. The zero-order chi connectivity index (χ0) is 8.20. The summed E-state index contributed by atoms with van der Waals surface area (Å²) in [5, 5.41) is 2.79. The number of hydrogen-bond acceptors (Lipinski definition) is 1. The Kier molecular flexibility index (Phi) is 3.40. The van der Waals surface area contributed by atoms with Gasteiger partial charge >= 0.3 is 0 Å². The van der Waals surface area contributed by atoms with Crippen molar-refractivity contribution in [2.45, 2.75) is 40.2 Å². The van der Waals surface area contributed by atoms with E-state index in [1.165, 1.54) is 0 Å². The monoisotopic (exact) mass is 143 g/mol. The summed E-state index contributed by atoms with van der Waals surface area (Å²) in [6, 6.07) is 0.296. The maximum Gasteiger partial charge on any atom is 0.207 e. The van der Waals surface area contributed by atoms with Crippen LogP contribution in [0.4, 0.5) is 0 Å². The van der Waals surface area contributed by atoms with Crippen molar-refractivity contribution in [1.29, 1.82) is 0 Å². The molecule has 0 saturated heterocycles. The van der Waals surface area contributed by atoms with Crippen molar-refractivity contribution in [3.05, 3.63) is 0 Å². The second kappa shape index (κ2) is 3.59. The number of carbonyl (C=O) groups is 1. The summed E-state index contributed by atoms with van der Waals surface area (Å²) in [5.74, 6) is 0. The molecule has 0 saturated carbocycles. The Bertz CT molecular complexity index is 104. The molecule has 0 aliphatic carbocycles. The molecule has 2 heteroatoms. The minimum absolute atomic E-state index is 0.176. The number of carbonyl (C=O) groups excluding carboxylic acids is 1. The average Bonchev–Trinajstić information content (AvgIpc) is 1.80. The Hall–Kier alpha value is -0.530. The second-order valence-electron chi connectivity index (χ2n) is 3.61. The largest absolute Gasteiger partial charge is 0.355 e. The molecule has 0 aromatic heterocycles. The molecule has 0 aliphatic heterocycles. The summed E-state index contributed by atoms with van der Waals surface area (Å²) < 4.78 is 0. The van der Waals surface area contributed by atoms with Crippen molar-refractivity contribution in [3.63, 3.8) is 0 Å². The SMILES string of the molecule is CCC(NC=O)C(C)(C)C. The van der Waals surface area contributed by atoms with Gasteiger partial charge in [-0.15, -0.1) is 0 Å². The van der Waals surface area contributed by atoms with Crippen molar-refractivity contribution in [2.75, 3.05) is 0 Å². The van der Waals surface area contributed by atoms with Gasteiger partial charge in [0.2, 0.25) is 6.41 Å². The van der Waals surface area contributed by atoms with Crippen molar-refractivity contribution in [2.24, 2.45) is 5.41 Å². The topological polar surface area (TPSA) is 29.1 Å². The molecule has 0 aromatic rings. The summed E-state index contributed by atoms with van der Waals surface area (Å²) in [7, 11) is 0. The van der Waals surface area contributed by atoms with Gasteiger partial charge in [-0.1, -0.05) is 27.7 Å². The Balaban J connectivity index is 3.92. The van der Waals surface area contributed by atoms with Gasteiger partial charge in [-0.25, -0.2) is 0 Å². The minimum atomic E-state index is 0.176. The molecule has 0 heterocycles. The second-order valence-corrected chi connectivity index (χ2v) is 3.61. The van der Waals surface area contributed by atoms with E-state index in [0.29, 0.717) is 6.04 Å². The van der Waals surface area contributed by atoms with Crippen LogP contribution in [0.2, 0.25) is 0 Å². The maximum absolute atomic E-state index is 10.1. The molecule has 0 fully saturated rings. The van der Waals surface area contributed by atoms with Crippen molar-refractivity contribution >= 4 is 6.41 Å². The molecule has 0 radical (unpaired) electrons. The molecule has 0 aliphatic rings. The molecule has 0 aromatic carbocycles. The van der Waals surface area contributed by atoms with E-state index < -0.39 is 0 Å². The van der Waals surface area contributed by atoms with Crippen molar-refractivity contribution in [1.82, 2.24) is 5.32 Å². The van der Waals surface area contributed by atoms with Crippen LogP contribution in [-0.2, 0) is 4.79 Å². The third kappa shape index (κ3) is 2.85. The molecule has 1 amide bonds. The van der Waals surface area contributed by atoms with Gasteiger partial charge in [-0.3, -0.25) is 4.79 Å². The molecule has 1 N–H and O–H groups in total. The predicted octanol–water partition coefficient (Wildman–Crippen LogP) is 1.56. The quantitative estimate of drug-likeness (QED) is 0.597. The highest BCUT2D eigenvalue weighted by Crippen LogP contribution is 2.20. The molecule has 10 heavy (non-hydrogen) atoms. The Morgan fingerprint density at radius 3 is 2.10 bits per heavy atom. The maximum atomic E-state index is 10.1. The van der Waals surface area contributed by atoms with Gasteiger partial charge in [0, 0.05) is 6.04 Å². The van der Waals surface area contributed by atoms with Crippen molar-refractivity contribution in [3.8, 4) is 0 Å². The van der Waals surface area contributed by atoms with Crippen LogP contribution < -0.4 is 5.32 Å².